The molecular formula is C20H30N4O3. The molecule has 3 rings (SSSR count). The Morgan fingerprint density at radius 3 is 2.59 bits per heavy atom. The average Bonchev–Trinajstić information content (AvgIpc) is 3.07. The van der Waals surface area contributed by atoms with E-state index in [-0.39, 0.29) is 30.2 Å². The maximum atomic E-state index is 12.6. The van der Waals surface area contributed by atoms with E-state index >= 15 is 0 Å². The number of likely N-dealkylation sites (tertiary alicyclic amines) is 1. The number of nitrogens with one attached hydrogen (secondary N) is 2. The standard InChI is InChI=1S/C20H30N4O3/c1-14(2)27-18-6-4-5-16(13-18)15(3)22-20(26)23-10-7-17(8-11-23)24-12-9-21-19(24)25/h4-6,13-15,17H,7-12H2,1-3H3,(H,21,25)(H,22,26). The minimum absolute atomic E-state index is 0.0232. The first-order valence-electron chi connectivity index (χ1n) is 9.80. The van der Waals surface area contributed by atoms with Gasteiger partial charge in [-0.25, -0.2) is 9.59 Å². The van der Waals surface area contributed by atoms with E-state index in [1.54, 1.807) is 0 Å². The van der Waals surface area contributed by atoms with Crippen molar-refractivity contribution < 1.29 is 14.3 Å². The molecule has 0 saturated carbocycles. The summed E-state index contributed by atoms with van der Waals surface area (Å²) in [5, 5.41) is 5.92. The van der Waals surface area contributed by atoms with Crippen LogP contribution in [0.1, 0.15) is 45.2 Å². The first kappa shape index (κ1) is 19.3. The van der Waals surface area contributed by atoms with Gasteiger partial charge < -0.3 is 25.2 Å². The summed E-state index contributed by atoms with van der Waals surface area (Å²) in [6.45, 7) is 8.79. The van der Waals surface area contributed by atoms with Crippen LogP contribution in [0.15, 0.2) is 24.3 Å². The fourth-order valence-corrected chi connectivity index (χ4v) is 3.70. The zero-order chi connectivity index (χ0) is 19.4. The van der Waals surface area contributed by atoms with Gasteiger partial charge in [-0.05, 0) is 51.3 Å². The summed E-state index contributed by atoms with van der Waals surface area (Å²) >= 11 is 0. The SMILES string of the molecule is CC(C)Oc1cccc(C(C)NC(=O)N2CCC(N3CCNC3=O)CC2)c1. The van der Waals surface area contributed by atoms with Crippen LogP contribution in [0.5, 0.6) is 5.75 Å². The predicted molar refractivity (Wildman–Crippen MR) is 104 cm³/mol. The Morgan fingerprint density at radius 2 is 1.96 bits per heavy atom. The number of carbonyl (C=O) groups is 2. The van der Waals surface area contributed by atoms with Crippen molar-refractivity contribution >= 4 is 12.1 Å². The number of hydrogen-bond donors (Lipinski definition) is 2. The highest BCUT2D eigenvalue weighted by atomic mass is 16.5. The maximum Gasteiger partial charge on any atom is 0.317 e. The molecule has 0 bridgehead atoms. The summed E-state index contributed by atoms with van der Waals surface area (Å²) in [6.07, 6.45) is 1.77. The zero-order valence-corrected chi connectivity index (χ0v) is 16.4. The molecule has 0 aliphatic carbocycles. The lowest BCUT2D eigenvalue weighted by atomic mass is 10.0. The van der Waals surface area contributed by atoms with Gasteiger partial charge in [-0.15, -0.1) is 0 Å². The number of piperidine rings is 1. The van der Waals surface area contributed by atoms with Crippen LogP contribution in [-0.2, 0) is 0 Å². The number of amides is 4. The van der Waals surface area contributed by atoms with Crippen LogP contribution < -0.4 is 15.4 Å². The predicted octanol–water partition coefficient (Wildman–Crippen LogP) is 2.73. The van der Waals surface area contributed by atoms with Crippen molar-refractivity contribution in [3.63, 3.8) is 0 Å². The summed E-state index contributed by atoms with van der Waals surface area (Å²) in [7, 11) is 0. The van der Waals surface area contributed by atoms with Gasteiger partial charge in [-0.1, -0.05) is 12.1 Å². The molecule has 0 spiro atoms. The first-order chi connectivity index (χ1) is 12.9. The monoisotopic (exact) mass is 374 g/mol. The Hall–Kier alpha value is -2.44. The fourth-order valence-electron chi connectivity index (χ4n) is 3.70. The van der Waals surface area contributed by atoms with Crippen LogP contribution in [0.25, 0.3) is 0 Å². The second-order valence-electron chi connectivity index (χ2n) is 7.55. The van der Waals surface area contributed by atoms with Crippen LogP contribution in [0.2, 0.25) is 0 Å². The minimum Gasteiger partial charge on any atom is -0.491 e. The Kier molecular flexibility index (Phi) is 6.08. The molecule has 148 valence electrons. The lowest BCUT2D eigenvalue weighted by Crippen LogP contribution is -2.50. The molecule has 2 aliphatic heterocycles. The van der Waals surface area contributed by atoms with Gasteiger partial charge in [0.25, 0.3) is 0 Å². The minimum atomic E-state index is -0.102. The summed E-state index contributed by atoms with van der Waals surface area (Å²) in [5.74, 6) is 0.813. The fraction of sp³-hybridized carbons (Fsp3) is 0.600. The van der Waals surface area contributed by atoms with Crippen LogP contribution in [-0.4, -0.2) is 60.2 Å². The van der Waals surface area contributed by atoms with E-state index in [9.17, 15) is 9.59 Å². The van der Waals surface area contributed by atoms with E-state index in [1.165, 1.54) is 0 Å². The van der Waals surface area contributed by atoms with Crippen molar-refractivity contribution in [2.75, 3.05) is 26.2 Å². The zero-order valence-electron chi connectivity index (χ0n) is 16.4. The number of carbonyl (C=O) groups excluding carboxylic acids is 2. The van der Waals surface area contributed by atoms with Crippen LogP contribution in [0, 0.1) is 0 Å². The highest BCUT2D eigenvalue weighted by molar-refractivity contribution is 5.77. The first-order valence-corrected chi connectivity index (χ1v) is 9.80. The highest BCUT2D eigenvalue weighted by Gasteiger charge is 2.32. The average molecular weight is 374 g/mol. The number of hydrogen-bond acceptors (Lipinski definition) is 3. The van der Waals surface area contributed by atoms with Crippen LogP contribution in [0.3, 0.4) is 0 Å². The van der Waals surface area contributed by atoms with Crippen molar-refractivity contribution in [2.24, 2.45) is 0 Å². The molecule has 1 aromatic carbocycles. The number of nitrogens with zero attached hydrogens (tertiary/aromatic N) is 2. The van der Waals surface area contributed by atoms with Crippen molar-refractivity contribution in [3.8, 4) is 5.75 Å². The number of urea groups is 2. The topological polar surface area (TPSA) is 73.9 Å². The van der Waals surface area contributed by atoms with Gasteiger partial charge in [0.05, 0.1) is 12.1 Å². The molecule has 1 aromatic rings. The smallest absolute Gasteiger partial charge is 0.317 e. The maximum absolute atomic E-state index is 12.6. The Labute approximate surface area is 161 Å². The summed E-state index contributed by atoms with van der Waals surface area (Å²) in [6, 6.07) is 7.95. The van der Waals surface area contributed by atoms with E-state index in [2.05, 4.69) is 10.6 Å². The number of ether oxygens (including phenoxy) is 1. The Bertz CT molecular complexity index is 671. The largest absolute Gasteiger partial charge is 0.491 e. The van der Waals surface area contributed by atoms with E-state index in [4.69, 9.17) is 4.74 Å². The molecular weight excluding hydrogens is 344 g/mol. The second-order valence-corrected chi connectivity index (χ2v) is 7.55. The van der Waals surface area contributed by atoms with Crippen LogP contribution in [0.4, 0.5) is 9.59 Å². The van der Waals surface area contributed by atoms with E-state index in [1.807, 2.05) is 54.8 Å². The second kappa shape index (κ2) is 8.50. The van der Waals surface area contributed by atoms with Gasteiger partial charge >= 0.3 is 12.1 Å². The summed E-state index contributed by atoms with van der Waals surface area (Å²) in [4.78, 5) is 28.2. The molecule has 2 saturated heterocycles. The Balaban J connectivity index is 1.51. The molecule has 2 fully saturated rings. The van der Waals surface area contributed by atoms with Gasteiger partial charge in [-0.3, -0.25) is 0 Å². The van der Waals surface area contributed by atoms with Crippen molar-refractivity contribution in [1.29, 1.82) is 0 Å². The van der Waals surface area contributed by atoms with Gasteiger partial charge in [0.15, 0.2) is 0 Å². The molecule has 0 radical (unpaired) electrons. The third-order valence-corrected chi connectivity index (χ3v) is 5.15. The number of benzene rings is 1. The lowest BCUT2D eigenvalue weighted by molar-refractivity contribution is 0.139. The normalized spacial score (nSPS) is 19.2. The molecule has 7 heteroatoms. The molecule has 2 N–H and O–H groups in total. The van der Waals surface area contributed by atoms with Gasteiger partial charge in [-0.2, -0.15) is 0 Å². The summed E-state index contributed by atoms with van der Waals surface area (Å²) < 4.78 is 5.74. The third-order valence-electron chi connectivity index (χ3n) is 5.15. The van der Waals surface area contributed by atoms with Crippen molar-refractivity contribution in [1.82, 2.24) is 20.4 Å². The van der Waals surface area contributed by atoms with Crippen molar-refractivity contribution in [3.05, 3.63) is 29.8 Å². The summed E-state index contributed by atoms with van der Waals surface area (Å²) in [5.41, 5.74) is 1.02. The molecule has 2 aliphatic rings. The molecule has 7 nitrogen and oxygen atoms in total. The quantitative estimate of drug-likeness (QED) is 0.832. The van der Waals surface area contributed by atoms with E-state index in [0.29, 0.717) is 13.1 Å². The van der Waals surface area contributed by atoms with Gasteiger partial charge in [0.1, 0.15) is 5.75 Å². The lowest BCUT2D eigenvalue weighted by Gasteiger charge is -2.36. The molecule has 1 unspecified atom stereocenters. The molecule has 0 aromatic heterocycles. The van der Waals surface area contributed by atoms with Crippen LogP contribution >= 0.6 is 0 Å². The van der Waals surface area contributed by atoms with Gasteiger partial charge in [0.2, 0.25) is 0 Å². The molecule has 1 atom stereocenters. The van der Waals surface area contributed by atoms with E-state index < -0.39 is 0 Å². The number of rotatable bonds is 5. The van der Waals surface area contributed by atoms with Crippen molar-refractivity contribution in [2.45, 2.75) is 51.8 Å². The molecule has 2 heterocycles. The highest BCUT2D eigenvalue weighted by Crippen LogP contribution is 2.22. The van der Waals surface area contributed by atoms with Gasteiger partial charge in [0, 0.05) is 32.2 Å². The molecule has 27 heavy (non-hydrogen) atoms. The molecule has 4 amide bonds. The Morgan fingerprint density at radius 1 is 1.22 bits per heavy atom. The van der Waals surface area contributed by atoms with E-state index in [0.717, 1.165) is 37.2 Å². The third kappa shape index (κ3) is 4.84.